The zero-order chi connectivity index (χ0) is 14.0. The largest absolute Gasteiger partial charge is 0.467 e. The number of alkyl halides is 3. The van der Waals surface area contributed by atoms with Gasteiger partial charge < -0.3 is 10.1 Å². The summed E-state index contributed by atoms with van der Waals surface area (Å²) in [6.07, 6.45) is -4.93. The van der Waals surface area contributed by atoms with Crippen LogP contribution in [-0.2, 0) is 9.53 Å². The van der Waals surface area contributed by atoms with Crippen LogP contribution in [0.5, 0.6) is 0 Å². The summed E-state index contributed by atoms with van der Waals surface area (Å²) in [7, 11) is 0.829. The summed E-state index contributed by atoms with van der Waals surface area (Å²) in [4.78, 5) is 11.3. The highest BCUT2D eigenvalue weighted by molar-refractivity contribution is 5.85. The number of anilines is 1. The highest BCUT2D eigenvalue weighted by Gasteiger charge is 2.58. The SMILES string of the molecule is COC(=O)C(C)(Nc1ccccc1F)C(F)(F)F. The lowest BCUT2D eigenvalue weighted by Gasteiger charge is -2.31. The number of esters is 1. The van der Waals surface area contributed by atoms with E-state index in [4.69, 9.17) is 0 Å². The van der Waals surface area contributed by atoms with E-state index in [1.54, 1.807) is 0 Å². The number of carbonyl (C=O) groups excluding carboxylic acids is 1. The quantitative estimate of drug-likeness (QED) is 0.674. The monoisotopic (exact) mass is 265 g/mol. The van der Waals surface area contributed by atoms with E-state index in [9.17, 15) is 22.4 Å². The van der Waals surface area contributed by atoms with E-state index in [1.807, 2.05) is 5.32 Å². The van der Waals surface area contributed by atoms with Crippen molar-refractivity contribution in [3.8, 4) is 0 Å². The van der Waals surface area contributed by atoms with Crippen LogP contribution in [0.3, 0.4) is 0 Å². The summed E-state index contributed by atoms with van der Waals surface area (Å²) in [6.45, 7) is 0.589. The predicted molar refractivity (Wildman–Crippen MR) is 56.5 cm³/mol. The molecule has 100 valence electrons. The van der Waals surface area contributed by atoms with Crippen LogP contribution in [0.2, 0.25) is 0 Å². The van der Waals surface area contributed by atoms with Gasteiger partial charge in [-0.3, -0.25) is 0 Å². The molecule has 3 nitrogen and oxygen atoms in total. The fourth-order valence-corrected chi connectivity index (χ4v) is 1.27. The van der Waals surface area contributed by atoms with Gasteiger partial charge in [0.1, 0.15) is 5.82 Å². The molecule has 1 aromatic rings. The Morgan fingerprint density at radius 2 is 1.83 bits per heavy atom. The zero-order valence-electron chi connectivity index (χ0n) is 9.64. The molecule has 0 aliphatic carbocycles. The number of ether oxygens (including phenoxy) is 1. The predicted octanol–water partition coefficient (Wildman–Crippen LogP) is 2.73. The summed E-state index contributed by atoms with van der Waals surface area (Å²) in [5.41, 5.74) is -3.44. The standard InChI is InChI=1S/C11H11F4NO2/c1-10(9(17)18-2,11(13,14)15)16-8-6-4-3-5-7(8)12/h3-6,16H,1-2H3. The van der Waals surface area contributed by atoms with Gasteiger partial charge in [0.2, 0.25) is 5.54 Å². The van der Waals surface area contributed by atoms with Gasteiger partial charge in [0.05, 0.1) is 12.8 Å². The van der Waals surface area contributed by atoms with Crippen LogP contribution >= 0.6 is 0 Å². The second-order valence-electron chi connectivity index (χ2n) is 3.72. The van der Waals surface area contributed by atoms with Gasteiger partial charge in [0.15, 0.2) is 0 Å². The topological polar surface area (TPSA) is 38.3 Å². The molecular weight excluding hydrogens is 254 g/mol. The van der Waals surface area contributed by atoms with E-state index in [2.05, 4.69) is 4.74 Å². The number of para-hydroxylation sites is 1. The summed E-state index contributed by atoms with van der Waals surface area (Å²) < 4.78 is 56.0. The Bertz CT molecular complexity index is 447. The second kappa shape index (κ2) is 4.83. The Kier molecular flexibility index (Phi) is 3.83. The molecule has 0 saturated heterocycles. The molecule has 0 saturated carbocycles. The first-order chi connectivity index (χ1) is 8.22. The van der Waals surface area contributed by atoms with Gasteiger partial charge in [0, 0.05) is 0 Å². The van der Waals surface area contributed by atoms with Gasteiger partial charge >= 0.3 is 12.1 Å². The number of hydrogen-bond acceptors (Lipinski definition) is 3. The van der Waals surface area contributed by atoms with E-state index in [1.165, 1.54) is 12.1 Å². The van der Waals surface area contributed by atoms with Crippen LogP contribution in [-0.4, -0.2) is 24.8 Å². The van der Waals surface area contributed by atoms with Crippen LogP contribution in [0.25, 0.3) is 0 Å². The molecule has 0 spiro atoms. The minimum Gasteiger partial charge on any atom is -0.467 e. The lowest BCUT2D eigenvalue weighted by molar-refractivity contribution is -0.195. The molecule has 0 amide bonds. The number of nitrogens with one attached hydrogen (secondary N) is 1. The Morgan fingerprint density at radius 3 is 2.28 bits per heavy atom. The van der Waals surface area contributed by atoms with Gasteiger partial charge in [-0.05, 0) is 19.1 Å². The smallest absolute Gasteiger partial charge is 0.422 e. The molecular formula is C11H11F4NO2. The van der Waals surface area contributed by atoms with Crippen LogP contribution in [0, 0.1) is 5.82 Å². The van der Waals surface area contributed by atoms with Crippen molar-refractivity contribution in [2.75, 3.05) is 12.4 Å². The van der Waals surface area contributed by atoms with Crippen molar-refractivity contribution in [3.05, 3.63) is 30.1 Å². The molecule has 1 rings (SSSR count). The van der Waals surface area contributed by atoms with Crippen LogP contribution in [0.4, 0.5) is 23.2 Å². The lowest BCUT2D eigenvalue weighted by atomic mass is 10.0. The summed E-state index contributed by atoms with van der Waals surface area (Å²) in [5.74, 6) is -2.44. The summed E-state index contributed by atoms with van der Waals surface area (Å²) in [6, 6.07) is 4.75. The van der Waals surface area contributed by atoms with Gasteiger partial charge in [-0.25, -0.2) is 9.18 Å². The first-order valence-electron chi connectivity index (χ1n) is 4.90. The van der Waals surface area contributed by atoms with E-state index in [0.29, 0.717) is 6.92 Å². The number of halogens is 4. The molecule has 0 fully saturated rings. The molecule has 1 unspecified atom stereocenters. The molecule has 18 heavy (non-hydrogen) atoms. The third-order valence-corrected chi connectivity index (χ3v) is 2.42. The van der Waals surface area contributed by atoms with E-state index in [-0.39, 0.29) is 0 Å². The molecule has 1 atom stereocenters. The highest BCUT2D eigenvalue weighted by atomic mass is 19.4. The van der Waals surface area contributed by atoms with E-state index in [0.717, 1.165) is 19.2 Å². The maximum Gasteiger partial charge on any atom is 0.422 e. The van der Waals surface area contributed by atoms with Gasteiger partial charge in [0.25, 0.3) is 0 Å². The Morgan fingerprint density at radius 1 is 1.28 bits per heavy atom. The second-order valence-corrected chi connectivity index (χ2v) is 3.72. The highest BCUT2D eigenvalue weighted by Crippen LogP contribution is 2.34. The normalized spacial score (nSPS) is 14.8. The van der Waals surface area contributed by atoms with Crippen LogP contribution in [0.15, 0.2) is 24.3 Å². The molecule has 7 heteroatoms. The van der Waals surface area contributed by atoms with E-state index < -0.39 is 29.2 Å². The Labute approximate surface area is 101 Å². The third kappa shape index (κ3) is 2.55. The van der Waals surface area contributed by atoms with Gasteiger partial charge in [-0.15, -0.1) is 0 Å². The Hall–Kier alpha value is -1.79. The van der Waals surface area contributed by atoms with Crippen molar-refractivity contribution in [2.45, 2.75) is 18.6 Å². The molecule has 0 radical (unpaired) electrons. The number of benzene rings is 1. The molecule has 0 heterocycles. The van der Waals surface area contributed by atoms with E-state index >= 15 is 0 Å². The van der Waals surface area contributed by atoms with Crippen molar-refractivity contribution >= 4 is 11.7 Å². The first kappa shape index (κ1) is 14.3. The molecule has 1 aromatic carbocycles. The zero-order valence-corrected chi connectivity index (χ0v) is 9.64. The minimum absolute atomic E-state index is 0.428. The fraction of sp³-hybridized carbons (Fsp3) is 0.364. The fourth-order valence-electron chi connectivity index (χ4n) is 1.27. The maximum absolute atomic E-state index is 13.3. The van der Waals surface area contributed by atoms with Crippen molar-refractivity contribution in [2.24, 2.45) is 0 Å². The van der Waals surface area contributed by atoms with Crippen molar-refractivity contribution in [3.63, 3.8) is 0 Å². The minimum atomic E-state index is -4.93. The van der Waals surface area contributed by atoms with Crippen molar-refractivity contribution in [1.29, 1.82) is 0 Å². The number of methoxy groups -OCH3 is 1. The molecule has 0 aliphatic heterocycles. The van der Waals surface area contributed by atoms with Crippen LogP contribution < -0.4 is 5.32 Å². The molecule has 1 N–H and O–H groups in total. The third-order valence-electron chi connectivity index (χ3n) is 2.42. The average Bonchev–Trinajstić information content (AvgIpc) is 2.29. The summed E-state index contributed by atoms with van der Waals surface area (Å²) >= 11 is 0. The molecule has 0 aromatic heterocycles. The van der Waals surface area contributed by atoms with Gasteiger partial charge in [-0.2, -0.15) is 13.2 Å². The van der Waals surface area contributed by atoms with Gasteiger partial charge in [-0.1, -0.05) is 12.1 Å². The summed E-state index contributed by atoms with van der Waals surface area (Å²) in [5, 5.41) is 1.84. The lowest BCUT2D eigenvalue weighted by Crippen LogP contribution is -2.56. The van der Waals surface area contributed by atoms with Crippen molar-refractivity contribution < 1.29 is 27.1 Å². The molecule has 0 aliphatic rings. The first-order valence-corrected chi connectivity index (χ1v) is 4.90. The number of carbonyl (C=O) groups is 1. The van der Waals surface area contributed by atoms with Crippen LogP contribution in [0.1, 0.15) is 6.92 Å². The maximum atomic E-state index is 13.3. The average molecular weight is 265 g/mol. The number of rotatable bonds is 3. The molecule has 0 bridgehead atoms. The Balaban J connectivity index is 3.16. The van der Waals surface area contributed by atoms with Crippen molar-refractivity contribution in [1.82, 2.24) is 0 Å². The number of hydrogen-bond donors (Lipinski definition) is 1.